The van der Waals surface area contributed by atoms with Crippen molar-refractivity contribution in [3.05, 3.63) is 48.9 Å². The Hall–Kier alpha value is -1.44. The summed E-state index contributed by atoms with van der Waals surface area (Å²) in [6.07, 6.45) is 17.1. The summed E-state index contributed by atoms with van der Waals surface area (Å²) in [4.78, 5) is 4.65. The molecule has 0 spiro atoms. The monoisotopic (exact) mass is 188 g/mol. The number of rotatable bonds is 3. The first kappa shape index (κ1) is 9.13. The van der Waals surface area contributed by atoms with Gasteiger partial charge in [0, 0.05) is 26.2 Å². The summed E-state index contributed by atoms with van der Waals surface area (Å²) in [6, 6.07) is 0. The highest BCUT2D eigenvalue weighted by Crippen LogP contribution is 2.01. The maximum atomic E-state index is 2.33. The lowest BCUT2D eigenvalue weighted by atomic mass is 10.3. The SMILES string of the molecule is C1=CCN(CCN2C=CC=CC2)C=C1. The van der Waals surface area contributed by atoms with E-state index in [0.29, 0.717) is 0 Å². The van der Waals surface area contributed by atoms with Gasteiger partial charge in [-0.05, 0) is 24.6 Å². The zero-order valence-corrected chi connectivity index (χ0v) is 8.34. The lowest BCUT2D eigenvalue weighted by Gasteiger charge is -2.26. The first-order valence-electron chi connectivity index (χ1n) is 5.10. The Balaban J connectivity index is 1.72. The average molecular weight is 188 g/mol. The number of allylic oxidation sites excluding steroid dienone is 4. The Bertz CT molecular complexity index is 257. The van der Waals surface area contributed by atoms with Gasteiger partial charge in [0.05, 0.1) is 0 Å². The van der Waals surface area contributed by atoms with Gasteiger partial charge >= 0.3 is 0 Å². The molecule has 2 aliphatic heterocycles. The van der Waals surface area contributed by atoms with Crippen LogP contribution in [0.5, 0.6) is 0 Å². The van der Waals surface area contributed by atoms with E-state index in [2.05, 4.69) is 58.7 Å². The Labute approximate surface area is 85.5 Å². The first-order valence-corrected chi connectivity index (χ1v) is 5.10. The maximum absolute atomic E-state index is 2.33. The molecule has 0 aromatic heterocycles. The van der Waals surface area contributed by atoms with Crippen LogP contribution in [-0.2, 0) is 0 Å². The average Bonchev–Trinajstić information content (AvgIpc) is 2.29. The van der Waals surface area contributed by atoms with Gasteiger partial charge in [-0.15, -0.1) is 0 Å². The molecule has 0 saturated carbocycles. The summed E-state index contributed by atoms with van der Waals surface area (Å²) < 4.78 is 0. The van der Waals surface area contributed by atoms with Crippen molar-refractivity contribution < 1.29 is 0 Å². The summed E-state index contributed by atoms with van der Waals surface area (Å²) in [6.45, 7) is 4.28. The van der Waals surface area contributed by atoms with Crippen LogP contribution in [0.25, 0.3) is 0 Å². The third-order valence-electron chi connectivity index (χ3n) is 2.44. The molecule has 0 aromatic rings. The molecule has 0 atom stereocenters. The van der Waals surface area contributed by atoms with Gasteiger partial charge in [0.2, 0.25) is 0 Å². The van der Waals surface area contributed by atoms with Crippen LogP contribution in [0.1, 0.15) is 0 Å². The maximum Gasteiger partial charge on any atom is 0.0357 e. The van der Waals surface area contributed by atoms with Crippen LogP contribution in [0.2, 0.25) is 0 Å². The molecular formula is C12H16N2. The molecule has 0 unspecified atom stereocenters. The molecule has 0 amide bonds. The number of nitrogens with zero attached hydrogens (tertiary/aromatic N) is 2. The lowest BCUT2D eigenvalue weighted by Crippen LogP contribution is -2.31. The van der Waals surface area contributed by atoms with E-state index in [0.717, 1.165) is 26.2 Å². The molecule has 2 heterocycles. The normalized spacial score (nSPS) is 19.4. The fraction of sp³-hybridized carbons (Fsp3) is 0.333. The minimum Gasteiger partial charge on any atom is -0.372 e. The van der Waals surface area contributed by atoms with Gasteiger partial charge < -0.3 is 9.80 Å². The fourth-order valence-electron chi connectivity index (χ4n) is 1.60. The van der Waals surface area contributed by atoms with E-state index < -0.39 is 0 Å². The molecule has 0 aliphatic carbocycles. The molecule has 0 radical (unpaired) electrons. The van der Waals surface area contributed by atoms with Gasteiger partial charge in [0.25, 0.3) is 0 Å². The largest absolute Gasteiger partial charge is 0.372 e. The highest BCUT2D eigenvalue weighted by Gasteiger charge is 2.03. The molecule has 2 aliphatic rings. The Morgan fingerprint density at radius 2 is 1.21 bits per heavy atom. The number of hydrogen-bond donors (Lipinski definition) is 0. The van der Waals surface area contributed by atoms with E-state index in [1.807, 2.05) is 0 Å². The van der Waals surface area contributed by atoms with Crippen LogP contribution >= 0.6 is 0 Å². The molecule has 0 aromatic carbocycles. The third-order valence-corrected chi connectivity index (χ3v) is 2.44. The van der Waals surface area contributed by atoms with E-state index in [1.54, 1.807) is 0 Å². The minimum atomic E-state index is 1.05. The molecular weight excluding hydrogens is 172 g/mol. The van der Waals surface area contributed by atoms with Crippen molar-refractivity contribution in [3.63, 3.8) is 0 Å². The van der Waals surface area contributed by atoms with E-state index in [9.17, 15) is 0 Å². The first-order chi connectivity index (χ1) is 6.95. The van der Waals surface area contributed by atoms with Crippen molar-refractivity contribution in [1.82, 2.24) is 9.80 Å². The highest BCUT2D eigenvalue weighted by molar-refractivity contribution is 5.10. The van der Waals surface area contributed by atoms with E-state index in [4.69, 9.17) is 0 Å². The fourth-order valence-corrected chi connectivity index (χ4v) is 1.60. The zero-order valence-electron chi connectivity index (χ0n) is 8.34. The van der Waals surface area contributed by atoms with Crippen LogP contribution in [0.15, 0.2) is 48.9 Å². The predicted molar refractivity (Wildman–Crippen MR) is 59.7 cm³/mol. The predicted octanol–water partition coefficient (Wildman–Crippen LogP) is 1.76. The van der Waals surface area contributed by atoms with Gasteiger partial charge in [-0.2, -0.15) is 0 Å². The van der Waals surface area contributed by atoms with Gasteiger partial charge in [-0.25, -0.2) is 0 Å². The van der Waals surface area contributed by atoms with E-state index >= 15 is 0 Å². The lowest BCUT2D eigenvalue weighted by molar-refractivity contribution is 0.325. The molecule has 2 heteroatoms. The van der Waals surface area contributed by atoms with Crippen molar-refractivity contribution in [3.8, 4) is 0 Å². The smallest absolute Gasteiger partial charge is 0.0357 e. The second-order valence-electron chi connectivity index (χ2n) is 3.53. The van der Waals surface area contributed by atoms with Gasteiger partial charge in [-0.1, -0.05) is 24.3 Å². The van der Waals surface area contributed by atoms with Crippen LogP contribution in [-0.4, -0.2) is 36.0 Å². The van der Waals surface area contributed by atoms with E-state index in [1.165, 1.54) is 0 Å². The summed E-state index contributed by atoms with van der Waals surface area (Å²) in [5, 5.41) is 0. The second kappa shape index (κ2) is 4.70. The van der Waals surface area contributed by atoms with Crippen LogP contribution in [0.4, 0.5) is 0 Å². The van der Waals surface area contributed by atoms with Gasteiger partial charge in [-0.3, -0.25) is 0 Å². The topological polar surface area (TPSA) is 6.48 Å². The Morgan fingerprint density at radius 1 is 0.714 bits per heavy atom. The molecule has 74 valence electrons. The summed E-state index contributed by atoms with van der Waals surface area (Å²) >= 11 is 0. The molecule has 0 fully saturated rings. The molecule has 0 saturated heterocycles. The molecule has 2 rings (SSSR count). The van der Waals surface area contributed by atoms with Crippen molar-refractivity contribution in [2.75, 3.05) is 26.2 Å². The molecule has 2 nitrogen and oxygen atoms in total. The van der Waals surface area contributed by atoms with Crippen LogP contribution in [0, 0.1) is 0 Å². The zero-order chi connectivity index (χ0) is 9.64. The van der Waals surface area contributed by atoms with Crippen LogP contribution < -0.4 is 0 Å². The summed E-state index contributed by atoms with van der Waals surface area (Å²) in [5.41, 5.74) is 0. The molecule has 0 N–H and O–H groups in total. The van der Waals surface area contributed by atoms with Gasteiger partial charge in [0.15, 0.2) is 0 Å². The van der Waals surface area contributed by atoms with E-state index in [-0.39, 0.29) is 0 Å². The van der Waals surface area contributed by atoms with Crippen molar-refractivity contribution in [2.24, 2.45) is 0 Å². The third kappa shape index (κ3) is 2.52. The summed E-state index contributed by atoms with van der Waals surface area (Å²) in [5.74, 6) is 0. The standard InChI is InChI=1S/C12H16N2/c1-3-7-13(8-4-1)11-12-14-9-5-2-6-10-14/h1-7,9H,8,10-12H2. The van der Waals surface area contributed by atoms with Crippen molar-refractivity contribution in [1.29, 1.82) is 0 Å². The van der Waals surface area contributed by atoms with Crippen molar-refractivity contribution >= 4 is 0 Å². The highest BCUT2D eigenvalue weighted by atomic mass is 15.2. The van der Waals surface area contributed by atoms with Crippen LogP contribution in [0.3, 0.4) is 0 Å². The minimum absolute atomic E-state index is 1.05. The molecule has 0 bridgehead atoms. The second-order valence-corrected chi connectivity index (χ2v) is 3.53. The van der Waals surface area contributed by atoms with Gasteiger partial charge in [0.1, 0.15) is 0 Å². The quantitative estimate of drug-likeness (QED) is 0.666. The summed E-state index contributed by atoms with van der Waals surface area (Å²) in [7, 11) is 0. The molecule has 14 heavy (non-hydrogen) atoms. The Kier molecular flexibility index (Phi) is 3.06. The number of hydrogen-bond acceptors (Lipinski definition) is 2. The Morgan fingerprint density at radius 3 is 1.57 bits per heavy atom. The van der Waals surface area contributed by atoms with Crippen molar-refractivity contribution in [2.45, 2.75) is 0 Å².